The van der Waals surface area contributed by atoms with Crippen LogP contribution in [-0.2, 0) is 9.53 Å². The van der Waals surface area contributed by atoms with Crippen LogP contribution < -0.4 is 5.32 Å². The number of halogens is 2. The van der Waals surface area contributed by atoms with Crippen LogP contribution in [0.25, 0.3) is 0 Å². The smallest absolute Gasteiger partial charge is 0.339 e. The van der Waals surface area contributed by atoms with Gasteiger partial charge in [0.15, 0.2) is 6.10 Å². The van der Waals surface area contributed by atoms with Gasteiger partial charge < -0.3 is 10.1 Å². The molecule has 2 aromatic carbocycles. The molecule has 2 rings (SSSR count). The van der Waals surface area contributed by atoms with Crippen LogP contribution in [0.5, 0.6) is 0 Å². The predicted molar refractivity (Wildman–Crippen MR) is 112 cm³/mol. The number of ketones is 1. The van der Waals surface area contributed by atoms with Crippen LogP contribution in [0, 0.1) is 5.41 Å². The first-order valence-electron chi connectivity index (χ1n) is 9.19. The van der Waals surface area contributed by atoms with Gasteiger partial charge in [-0.1, -0.05) is 44.7 Å². The third kappa shape index (κ3) is 6.38. The summed E-state index contributed by atoms with van der Waals surface area (Å²) in [6.45, 7) is 6.77. The number of hydrogen-bond donors (Lipinski definition) is 1. The second kappa shape index (κ2) is 9.84. The van der Waals surface area contributed by atoms with E-state index < -0.39 is 29.0 Å². The van der Waals surface area contributed by atoms with Crippen molar-refractivity contribution in [2.24, 2.45) is 5.41 Å². The highest BCUT2D eigenvalue weighted by atomic mass is 32.2. The molecule has 0 saturated carbocycles. The van der Waals surface area contributed by atoms with Gasteiger partial charge in [-0.3, -0.25) is 9.59 Å². The number of amides is 1. The maximum absolute atomic E-state index is 12.7. The molecule has 0 saturated heterocycles. The number of alkyl halides is 2. The normalized spacial score (nSPS) is 12.4. The second-order valence-electron chi connectivity index (χ2n) is 7.57. The van der Waals surface area contributed by atoms with Gasteiger partial charge in [-0.05, 0) is 43.3 Å². The van der Waals surface area contributed by atoms with Gasteiger partial charge in [0, 0.05) is 21.6 Å². The van der Waals surface area contributed by atoms with Gasteiger partial charge >= 0.3 is 5.97 Å². The summed E-state index contributed by atoms with van der Waals surface area (Å²) < 4.78 is 30.6. The molecule has 1 atom stereocenters. The lowest BCUT2D eigenvalue weighted by atomic mass is 9.95. The minimum absolute atomic E-state index is 0.0253. The van der Waals surface area contributed by atoms with Crippen molar-refractivity contribution >= 4 is 35.1 Å². The number of Topliss-reactive ketones (excluding diaryl/α,β-unsaturated/α-hetero) is 1. The Morgan fingerprint density at radius 2 is 1.60 bits per heavy atom. The number of anilines is 1. The maximum atomic E-state index is 12.7. The van der Waals surface area contributed by atoms with E-state index >= 15 is 0 Å². The SMILES string of the molecule is CC(OC(=O)c1ccccc1SC(F)F)C(=O)c1ccc(NC(=O)C(C)(C)C)cc1. The van der Waals surface area contributed by atoms with E-state index in [4.69, 9.17) is 4.74 Å². The molecule has 2 aromatic rings. The Morgan fingerprint density at radius 3 is 2.17 bits per heavy atom. The summed E-state index contributed by atoms with van der Waals surface area (Å²) in [5, 5.41) is 2.75. The number of esters is 1. The van der Waals surface area contributed by atoms with E-state index in [-0.39, 0.29) is 28.1 Å². The molecule has 0 aliphatic rings. The summed E-state index contributed by atoms with van der Waals surface area (Å²) >= 11 is 0.240. The summed E-state index contributed by atoms with van der Waals surface area (Å²) in [6.07, 6.45) is -1.11. The average molecular weight is 435 g/mol. The molecule has 1 amide bonds. The molecule has 0 aromatic heterocycles. The zero-order chi connectivity index (χ0) is 22.5. The molecule has 0 fully saturated rings. The largest absolute Gasteiger partial charge is 0.451 e. The standard InChI is InChI=1S/C22H23F2NO4S/c1-13(29-19(27)16-7-5-6-8-17(16)30-21(23)24)18(26)14-9-11-15(12-10-14)25-20(28)22(2,3)4/h5-13,21H,1-4H3,(H,25,28). The van der Waals surface area contributed by atoms with E-state index in [1.165, 1.54) is 43.3 Å². The number of ether oxygens (including phenoxy) is 1. The Labute approximate surface area is 178 Å². The topological polar surface area (TPSA) is 72.5 Å². The van der Waals surface area contributed by atoms with Crippen molar-refractivity contribution < 1.29 is 27.9 Å². The molecule has 0 aliphatic heterocycles. The first-order chi connectivity index (χ1) is 14.0. The molecular weight excluding hydrogens is 412 g/mol. The zero-order valence-corrected chi connectivity index (χ0v) is 17.9. The lowest BCUT2D eigenvalue weighted by Gasteiger charge is -2.18. The van der Waals surface area contributed by atoms with Crippen molar-refractivity contribution in [3.05, 3.63) is 59.7 Å². The van der Waals surface area contributed by atoms with Crippen molar-refractivity contribution in [2.45, 2.75) is 44.5 Å². The van der Waals surface area contributed by atoms with Crippen LogP contribution in [-0.4, -0.2) is 29.5 Å². The zero-order valence-electron chi connectivity index (χ0n) is 17.1. The van der Waals surface area contributed by atoms with Crippen LogP contribution in [0.4, 0.5) is 14.5 Å². The first-order valence-corrected chi connectivity index (χ1v) is 10.1. The number of benzene rings is 2. The third-order valence-corrected chi connectivity index (χ3v) is 4.87. The fraction of sp³-hybridized carbons (Fsp3) is 0.318. The average Bonchev–Trinajstić information content (AvgIpc) is 2.67. The number of hydrogen-bond acceptors (Lipinski definition) is 5. The molecule has 0 heterocycles. The van der Waals surface area contributed by atoms with Crippen molar-refractivity contribution in [1.82, 2.24) is 0 Å². The highest BCUT2D eigenvalue weighted by molar-refractivity contribution is 7.99. The van der Waals surface area contributed by atoms with E-state index in [9.17, 15) is 23.2 Å². The van der Waals surface area contributed by atoms with E-state index in [2.05, 4.69) is 5.32 Å². The molecule has 160 valence electrons. The van der Waals surface area contributed by atoms with E-state index in [1.807, 2.05) is 0 Å². The van der Waals surface area contributed by atoms with Crippen molar-refractivity contribution in [1.29, 1.82) is 0 Å². The number of nitrogens with one attached hydrogen (secondary N) is 1. The van der Waals surface area contributed by atoms with Crippen molar-refractivity contribution in [3.63, 3.8) is 0 Å². The summed E-state index contributed by atoms with van der Waals surface area (Å²) in [6, 6.07) is 12.0. The van der Waals surface area contributed by atoms with Gasteiger partial charge in [0.25, 0.3) is 5.76 Å². The van der Waals surface area contributed by atoms with E-state index in [1.54, 1.807) is 32.9 Å². The predicted octanol–water partition coefficient (Wildman–Crippen LogP) is 5.41. The number of thioether (sulfide) groups is 1. The minimum Gasteiger partial charge on any atom is -0.451 e. The summed E-state index contributed by atoms with van der Waals surface area (Å²) in [4.78, 5) is 37.1. The van der Waals surface area contributed by atoms with Gasteiger partial charge in [0.2, 0.25) is 11.7 Å². The number of rotatable bonds is 7. The van der Waals surface area contributed by atoms with Crippen LogP contribution in [0.2, 0.25) is 0 Å². The Balaban J connectivity index is 2.06. The van der Waals surface area contributed by atoms with Gasteiger partial charge in [-0.15, -0.1) is 0 Å². The molecule has 1 N–H and O–H groups in total. The fourth-order valence-electron chi connectivity index (χ4n) is 2.38. The highest BCUT2D eigenvalue weighted by Gasteiger charge is 2.24. The highest BCUT2D eigenvalue weighted by Crippen LogP contribution is 2.29. The minimum atomic E-state index is -2.68. The van der Waals surface area contributed by atoms with Crippen molar-refractivity contribution in [3.8, 4) is 0 Å². The molecule has 0 radical (unpaired) electrons. The van der Waals surface area contributed by atoms with Gasteiger partial charge in [-0.25, -0.2) is 4.79 Å². The molecular formula is C22H23F2NO4S. The molecule has 1 unspecified atom stereocenters. The fourth-order valence-corrected chi connectivity index (χ4v) is 3.01. The Bertz CT molecular complexity index is 923. The Kier molecular flexibility index (Phi) is 7.72. The Morgan fingerprint density at radius 1 is 1.00 bits per heavy atom. The van der Waals surface area contributed by atoms with E-state index in [0.717, 1.165) is 0 Å². The quantitative estimate of drug-likeness (QED) is 0.357. The second-order valence-corrected chi connectivity index (χ2v) is 8.60. The van der Waals surface area contributed by atoms with Crippen LogP contribution in [0.3, 0.4) is 0 Å². The third-order valence-electron chi connectivity index (χ3n) is 4.08. The van der Waals surface area contributed by atoms with Gasteiger partial charge in [0.05, 0.1) is 5.56 Å². The molecule has 8 heteroatoms. The summed E-state index contributed by atoms with van der Waals surface area (Å²) in [5.74, 6) is -4.15. The molecule has 0 bridgehead atoms. The Hall–Kier alpha value is -2.74. The lowest BCUT2D eigenvalue weighted by molar-refractivity contribution is -0.123. The van der Waals surface area contributed by atoms with E-state index in [0.29, 0.717) is 11.3 Å². The summed E-state index contributed by atoms with van der Waals surface area (Å²) in [7, 11) is 0. The number of carbonyl (C=O) groups is 3. The molecule has 30 heavy (non-hydrogen) atoms. The van der Waals surface area contributed by atoms with Gasteiger partial charge in [-0.2, -0.15) is 8.78 Å². The first kappa shape index (κ1) is 23.5. The van der Waals surface area contributed by atoms with Crippen LogP contribution >= 0.6 is 11.8 Å². The number of carbonyl (C=O) groups excluding carboxylic acids is 3. The lowest BCUT2D eigenvalue weighted by Crippen LogP contribution is -2.27. The van der Waals surface area contributed by atoms with Crippen molar-refractivity contribution in [2.75, 3.05) is 5.32 Å². The van der Waals surface area contributed by atoms with Crippen LogP contribution in [0.15, 0.2) is 53.4 Å². The molecule has 5 nitrogen and oxygen atoms in total. The molecule has 0 aliphatic carbocycles. The van der Waals surface area contributed by atoms with Gasteiger partial charge in [0.1, 0.15) is 0 Å². The van der Waals surface area contributed by atoms with Crippen LogP contribution in [0.1, 0.15) is 48.4 Å². The summed E-state index contributed by atoms with van der Waals surface area (Å²) in [5.41, 5.74) is 0.242. The monoisotopic (exact) mass is 435 g/mol. The maximum Gasteiger partial charge on any atom is 0.339 e. The molecule has 0 spiro atoms.